The van der Waals surface area contributed by atoms with Gasteiger partial charge in [-0.2, -0.15) is 0 Å². The fraction of sp³-hybridized carbons (Fsp3) is 0.318. The van der Waals surface area contributed by atoms with Gasteiger partial charge in [0.2, 0.25) is 11.9 Å². The zero-order chi connectivity index (χ0) is 22.7. The van der Waals surface area contributed by atoms with Crippen LogP contribution in [0.2, 0.25) is 5.02 Å². The highest BCUT2D eigenvalue weighted by Crippen LogP contribution is 2.29. The second kappa shape index (κ2) is 9.87. The van der Waals surface area contributed by atoms with Crippen LogP contribution in [0, 0.1) is 11.6 Å². The average molecular weight is 478 g/mol. The van der Waals surface area contributed by atoms with Crippen molar-refractivity contribution in [3.63, 3.8) is 0 Å². The Morgan fingerprint density at radius 3 is 2.69 bits per heavy atom. The average Bonchev–Trinajstić information content (AvgIpc) is 3.41. The molecule has 1 aliphatic rings. The van der Waals surface area contributed by atoms with Crippen LogP contribution < -0.4 is 10.2 Å². The molecule has 1 amide bonds. The quantitative estimate of drug-likeness (QED) is 0.497. The second-order valence-electron chi connectivity index (χ2n) is 7.54. The van der Waals surface area contributed by atoms with Crippen LogP contribution in [0.3, 0.4) is 0 Å². The number of amides is 1. The Morgan fingerprint density at radius 1 is 1.19 bits per heavy atom. The summed E-state index contributed by atoms with van der Waals surface area (Å²) in [6.07, 6.45) is 2.18. The first-order chi connectivity index (χ1) is 15.4. The Bertz CT molecular complexity index is 1120. The van der Waals surface area contributed by atoms with Crippen molar-refractivity contribution in [2.45, 2.75) is 31.0 Å². The molecule has 6 nitrogen and oxygen atoms in total. The first kappa shape index (κ1) is 22.5. The molecule has 1 aromatic heterocycles. The van der Waals surface area contributed by atoms with Gasteiger partial charge in [-0.15, -0.1) is 10.2 Å². The van der Waals surface area contributed by atoms with Gasteiger partial charge in [0.15, 0.2) is 5.16 Å². The fourth-order valence-electron chi connectivity index (χ4n) is 3.66. The predicted molar refractivity (Wildman–Crippen MR) is 121 cm³/mol. The van der Waals surface area contributed by atoms with E-state index in [0.717, 1.165) is 43.6 Å². The van der Waals surface area contributed by atoms with Gasteiger partial charge in [0.05, 0.1) is 17.5 Å². The Morgan fingerprint density at radius 2 is 1.97 bits per heavy atom. The van der Waals surface area contributed by atoms with Gasteiger partial charge in [-0.25, -0.2) is 8.78 Å². The maximum absolute atomic E-state index is 14.0. The summed E-state index contributed by atoms with van der Waals surface area (Å²) in [6, 6.07) is 10.1. The van der Waals surface area contributed by atoms with E-state index in [1.807, 2.05) is 22.8 Å². The summed E-state index contributed by atoms with van der Waals surface area (Å²) in [5.41, 5.74) is 1.04. The summed E-state index contributed by atoms with van der Waals surface area (Å²) >= 11 is 7.43. The van der Waals surface area contributed by atoms with Crippen molar-refractivity contribution in [2.24, 2.45) is 0 Å². The first-order valence-corrected chi connectivity index (χ1v) is 11.6. The Balaban J connectivity index is 1.49. The van der Waals surface area contributed by atoms with Gasteiger partial charge in [0, 0.05) is 29.7 Å². The molecule has 1 atom stereocenters. The molecule has 2 aromatic carbocycles. The lowest BCUT2D eigenvalue weighted by Crippen LogP contribution is -2.29. The normalized spacial score (nSPS) is 14.6. The SMILES string of the molecule is CC(NC(=O)CSc1nnc(N2CCCC2)n1-c1cccc(Cl)c1)c1ccc(F)cc1F. The molecular weight excluding hydrogens is 456 g/mol. The summed E-state index contributed by atoms with van der Waals surface area (Å²) < 4.78 is 29.0. The van der Waals surface area contributed by atoms with Gasteiger partial charge in [0.25, 0.3) is 0 Å². The number of carbonyl (C=O) groups excluding carboxylic acids is 1. The number of anilines is 1. The van der Waals surface area contributed by atoms with Gasteiger partial charge in [-0.05, 0) is 44.0 Å². The highest BCUT2D eigenvalue weighted by molar-refractivity contribution is 7.99. The highest BCUT2D eigenvalue weighted by atomic mass is 35.5. The summed E-state index contributed by atoms with van der Waals surface area (Å²) in [7, 11) is 0. The molecule has 1 N–H and O–H groups in total. The molecule has 0 saturated carbocycles. The van der Waals surface area contributed by atoms with Gasteiger partial charge >= 0.3 is 0 Å². The van der Waals surface area contributed by atoms with Crippen LogP contribution in [0.4, 0.5) is 14.7 Å². The van der Waals surface area contributed by atoms with E-state index in [-0.39, 0.29) is 17.2 Å². The van der Waals surface area contributed by atoms with Crippen LogP contribution in [0.15, 0.2) is 47.6 Å². The first-order valence-electron chi connectivity index (χ1n) is 10.3. The molecule has 0 aliphatic carbocycles. The van der Waals surface area contributed by atoms with Crippen molar-refractivity contribution in [2.75, 3.05) is 23.7 Å². The lowest BCUT2D eigenvalue weighted by atomic mass is 10.1. The number of hydrogen-bond acceptors (Lipinski definition) is 5. The van der Waals surface area contributed by atoms with E-state index in [9.17, 15) is 13.6 Å². The van der Waals surface area contributed by atoms with Crippen molar-refractivity contribution >= 4 is 35.2 Å². The maximum atomic E-state index is 14.0. The molecule has 1 saturated heterocycles. The molecule has 3 aromatic rings. The number of aromatic nitrogens is 3. The third-order valence-electron chi connectivity index (χ3n) is 5.21. The van der Waals surface area contributed by atoms with Crippen molar-refractivity contribution in [1.82, 2.24) is 20.1 Å². The van der Waals surface area contributed by atoms with Crippen LogP contribution >= 0.6 is 23.4 Å². The minimum atomic E-state index is -0.693. The molecule has 1 fully saturated rings. The van der Waals surface area contributed by atoms with Crippen LogP contribution in [-0.2, 0) is 4.79 Å². The standard InChI is InChI=1S/C22H22ClF2N5OS/c1-14(18-8-7-16(24)12-19(18)25)26-20(31)13-32-22-28-27-21(29-9-2-3-10-29)30(22)17-6-4-5-15(23)11-17/h4-8,11-12,14H,2-3,9-10,13H2,1H3,(H,26,31). The number of hydrogen-bond donors (Lipinski definition) is 1. The summed E-state index contributed by atoms with van der Waals surface area (Å²) in [5, 5.41) is 12.6. The maximum Gasteiger partial charge on any atom is 0.232 e. The van der Waals surface area contributed by atoms with E-state index in [2.05, 4.69) is 20.4 Å². The number of nitrogens with one attached hydrogen (secondary N) is 1. The van der Waals surface area contributed by atoms with Crippen LogP contribution in [0.5, 0.6) is 0 Å². The second-order valence-corrected chi connectivity index (χ2v) is 8.91. The molecule has 168 valence electrons. The molecule has 0 radical (unpaired) electrons. The Kier molecular flexibility index (Phi) is 6.95. The molecule has 0 bridgehead atoms. The van der Waals surface area contributed by atoms with Gasteiger partial charge in [0.1, 0.15) is 11.6 Å². The lowest BCUT2D eigenvalue weighted by Gasteiger charge is -2.18. The van der Waals surface area contributed by atoms with E-state index in [4.69, 9.17) is 11.6 Å². The molecule has 4 rings (SSSR count). The van der Waals surface area contributed by atoms with E-state index in [1.165, 1.54) is 23.9 Å². The monoisotopic (exact) mass is 477 g/mol. The molecule has 1 unspecified atom stereocenters. The van der Waals surface area contributed by atoms with Gasteiger partial charge in [-0.3, -0.25) is 9.36 Å². The Hall–Kier alpha value is -2.65. The van der Waals surface area contributed by atoms with Crippen molar-refractivity contribution < 1.29 is 13.6 Å². The smallest absolute Gasteiger partial charge is 0.232 e. The van der Waals surface area contributed by atoms with Crippen molar-refractivity contribution in [1.29, 1.82) is 0 Å². The molecular formula is C22H22ClF2N5OS. The van der Waals surface area contributed by atoms with Crippen molar-refractivity contribution in [3.8, 4) is 5.69 Å². The number of nitrogens with zero attached hydrogens (tertiary/aromatic N) is 4. The molecule has 32 heavy (non-hydrogen) atoms. The van der Waals surface area contributed by atoms with Crippen LogP contribution in [-0.4, -0.2) is 39.5 Å². The highest BCUT2D eigenvalue weighted by Gasteiger charge is 2.23. The number of rotatable bonds is 7. The third-order valence-corrected chi connectivity index (χ3v) is 6.37. The number of thioether (sulfide) groups is 1. The third kappa shape index (κ3) is 5.05. The number of carbonyl (C=O) groups is 1. The van der Waals surface area contributed by atoms with Crippen molar-refractivity contribution in [3.05, 3.63) is 64.7 Å². The summed E-state index contributed by atoms with van der Waals surface area (Å²) in [6.45, 7) is 3.44. The van der Waals surface area contributed by atoms with E-state index < -0.39 is 17.7 Å². The summed E-state index contributed by atoms with van der Waals surface area (Å²) in [4.78, 5) is 14.7. The molecule has 10 heteroatoms. The molecule has 2 heterocycles. The summed E-state index contributed by atoms with van der Waals surface area (Å²) in [5.74, 6) is -0.869. The van der Waals surface area contributed by atoms with E-state index >= 15 is 0 Å². The van der Waals surface area contributed by atoms with Crippen LogP contribution in [0.25, 0.3) is 5.69 Å². The van der Waals surface area contributed by atoms with Gasteiger partial charge in [-0.1, -0.05) is 35.5 Å². The molecule has 0 spiro atoms. The fourth-order valence-corrected chi connectivity index (χ4v) is 4.61. The van der Waals surface area contributed by atoms with E-state index in [1.54, 1.807) is 13.0 Å². The molecule has 1 aliphatic heterocycles. The topological polar surface area (TPSA) is 63.1 Å². The van der Waals surface area contributed by atoms with Crippen LogP contribution in [0.1, 0.15) is 31.4 Å². The minimum Gasteiger partial charge on any atom is -0.349 e. The lowest BCUT2D eigenvalue weighted by molar-refractivity contribution is -0.119. The van der Waals surface area contributed by atoms with Gasteiger partial charge < -0.3 is 10.2 Å². The predicted octanol–water partition coefficient (Wildman–Crippen LogP) is 4.77. The zero-order valence-electron chi connectivity index (χ0n) is 17.4. The van der Waals surface area contributed by atoms with E-state index in [0.29, 0.717) is 10.2 Å². The number of halogens is 3. The minimum absolute atomic E-state index is 0.0614. The Labute approximate surface area is 194 Å². The number of benzene rings is 2. The zero-order valence-corrected chi connectivity index (χ0v) is 19.0. The largest absolute Gasteiger partial charge is 0.349 e.